The number of fused-ring (bicyclic) bond motifs is 1. The fourth-order valence-electron chi connectivity index (χ4n) is 2.24. The Kier molecular flexibility index (Phi) is 3.85. The molecule has 6 heteroatoms. The molecule has 0 spiro atoms. The van der Waals surface area contributed by atoms with Crippen LogP contribution in [-0.2, 0) is 18.0 Å². The molecule has 1 aromatic heterocycles. The standard InChI is InChI=1S/C15H12Cl2N2O2/c1-8-4-12(16)18-14(17)13(8)19-15(20)9-2-3-10-6-21-7-11(10)5-9/h2-5H,6-7H2,1H3,(H,19,20). The molecular weight excluding hydrogens is 311 g/mol. The van der Waals surface area contributed by atoms with Gasteiger partial charge in [0.15, 0.2) is 5.15 Å². The molecule has 0 bridgehead atoms. The van der Waals surface area contributed by atoms with Crippen molar-refractivity contribution in [2.45, 2.75) is 20.1 Å². The maximum atomic E-state index is 12.3. The van der Waals surface area contributed by atoms with Crippen molar-refractivity contribution in [2.24, 2.45) is 0 Å². The molecule has 108 valence electrons. The second-order valence-electron chi connectivity index (χ2n) is 4.86. The van der Waals surface area contributed by atoms with E-state index < -0.39 is 0 Å². The smallest absolute Gasteiger partial charge is 0.255 e. The Balaban J connectivity index is 1.87. The first-order valence-electron chi connectivity index (χ1n) is 6.38. The average Bonchev–Trinajstić information content (AvgIpc) is 2.89. The number of halogens is 2. The van der Waals surface area contributed by atoms with Crippen LogP contribution in [0.5, 0.6) is 0 Å². The second-order valence-corrected chi connectivity index (χ2v) is 5.60. The van der Waals surface area contributed by atoms with Crippen LogP contribution < -0.4 is 5.32 Å². The number of benzene rings is 1. The van der Waals surface area contributed by atoms with E-state index in [0.717, 1.165) is 16.7 Å². The predicted octanol–water partition coefficient (Wildman–Crippen LogP) is 3.98. The number of ether oxygens (including phenoxy) is 1. The summed E-state index contributed by atoms with van der Waals surface area (Å²) in [4.78, 5) is 16.3. The summed E-state index contributed by atoms with van der Waals surface area (Å²) in [7, 11) is 0. The van der Waals surface area contributed by atoms with Gasteiger partial charge in [-0.15, -0.1) is 0 Å². The summed E-state index contributed by atoms with van der Waals surface area (Å²) in [5.41, 5.74) is 3.96. The Hall–Kier alpha value is -1.62. The fraction of sp³-hybridized carbons (Fsp3) is 0.200. The topological polar surface area (TPSA) is 51.2 Å². The molecule has 1 aliphatic heterocycles. The number of carbonyl (C=O) groups is 1. The molecule has 2 aromatic rings. The number of anilines is 1. The first-order valence-corrected chi connectivity index (χ1v) is 7.14. The molecule has 1 N–H and O–H groups in total. The minimum absolute atomic E-state index is 0.179. The fourth-order valence-corrected chi connectivity index (χ4v) is 2.82. The number of hydrogen-bond acceptors (Lipinski definition) is 3. The molecule has 1 aromatic carbocycles. The van der Waals surface area contributed by atoms with Crippen LogP contribution in [0, 0.1) is 6.92 Å². The van der Waals surface area contributed by atoms with Gasteiger partial charge < -0.3 is 10.1 Å². The third-order valence-electron chi connectivity index (χ3n) is 3.36. The molecule has 0 radical (unpaired) electrons. The van der Waals surface area contributed by atoms with Crippen molar-refractivity contribution in [1.82, 2.24) is 4.98 Å². The van der Waals surface area contributed by atoms with Gasteiger partial charge in [0.1, 0.15) is 5.15 Å². The number of pyridine rings is 1. The average molecular weight is 323 g/mol. The maximum absolute atomic E-state index is 12.3. The molecule has 1 aliphatic rings. The number of hydrogen-bond donors (Lipinski definition) is 1. The predicted molar refractivity (Wildman–Crippen MR) is 81.9 cm³/mol. The lowest BCUT2D eigenvalue weighted by Gasteiger charge is -2.11. The van der Waals surface area contributed by atoms with Crippen molar-refractivity contribution < 1.29 is 9.53 Å². The van der Waals surface area contributed by atoms with E-state index in [1.165, 1.54) is 0 Å². The van der Waals surface area contributed by atoms with Gasteiger partial charge in [-0.1, -0.05) is 29.3 Å². The third kappa shape index (κ3) is 2.88. The lowest BCUT2D eigenvalue weighted by molar-refractivity contribution is 0.102. The second kappa shape index (κ2) is 5.64. The molecule has 0 aliphatic carbocycles. The summed E-state index contributed by atoms with van der Waals surface area (Å²) < 4.78 is 5.34. The van der Waals surface area contributed by atoms with Gasteiger partial charge in [0.25, 0.3) is 5.91 Å². The van der Waals surface area contributed by atoms with Gasteiger partial charge in [-0.3, -0.25) is 4.79 Å². The molecule has 0 unspecified atom stereocenters. The molecule has 1 amide bonds. The summed E-state index contributed by atoms with van der Waals surface area (Å²) in [6.07, 6.45) is 0. The van der Waals surface area contributed by atoms with Crippen LogP contribution in [0.1, 0.15) is 27.0 Å². The first kappa shape index (κ1) is 14.3. The Labute approximate surface area is 132 Å². The highest BCUT2D eigenvalue weighted by molar-refractivity contribution is 6.35. The van der Waals surface area contributed by atoms with Crippen molar-refractivity contribution in [3.05, 3.63) is 56.8 Å². The van der Waals surface area contributed by atoms with Crippen LogP contribution in [0.25, 0.3) is 0 Å². The molecular formula is C15H12Cl2N2O2. The van der Waals surface area contributed by atoms with Gasteiger partial charge >= 0.3 is 0 Å². The van der Waals surface area contributed by atoms with Crippen LogP contribution in [0.3, 0.4) is 0 Å². The first-order chi connectivity index (χ1) is 10.0. The number of aromatic nitrogens is 1. The summed E-state index contributed by atoms with van der Waals surface area (Å²) in [5.74, 6) is -0.237. The molecule has 0 saturated carbocycles. The van der Waals surface area contributed by atoms with Crippen molar-refractivity contribution in [2.75, 3.05) is 5.32 Å². The number of nitrogens with zero attached hydrogens (tertiary/aromatic N) is 1. The molecule has 21 heavy (non-hydrogen) atoms. The zero-order valence-corrected chi connectivity index (χ0v) is 12.8. The highest BCUT2D eigenvalue weighted by Gasteiger charge is 2.16. The van der Waals surface area contributed by atoms with Crippen molar-refractivity contribution in [1.29, 1.82) is 0 Å². The van der Waals surface area contributed by atoms with Crippen molar-refractivity contribution in [3.8, 4) is 0 Å². The lowest BCUT2D eigenvalue weighted by atomic mass is 10.1. The molecule has 4 nitrogen and oxygen atoms in total. The molecule has 0 fully saturated rings. The molecule has 0 saturated heterocycles. The van der Waals surface area contributed by atoms with Gasteiger partial charge in [0.05, 0.1) is 18.9 Å². The maximum Gasteiger partial charge on any atom is 0.255 e. The molecule has 2 heterocycles. The summed E-state index contributed by atoms with van der Waals surface area (Å²) in [6, 6.07) is 7.17. The van der Waals surface area contributed by atoms with E-state index in [1.54, 1.807) is 12.1 Å². The largest absolute Gasteiger partial charge is 0.372 e. The Morgan fingerprint density at radius 3 is 2.76 bits per heavy atom. The monoisotopic (exact) mass is 322 g/mol. The zero-order chi connectivity index (χ0) is 15.0. The van der Waals surface area contributed by atoms with E-state index in [-0.39, 0.29) is 11.1 Å². The minimum Gasteiger partial charge on any atom is -0.372 e. The third-order valence-corrected chi connectivity index (χ3v) is 3.83. The van der Waals surface area contributed by atoms with Gasteiger partial charge in [0.2, 0.25) is 0 Å². The summed E-state index contributed by atoms with van der Waals surface area (Å²) in [6.45, 7) is 2.95. The van der Waals surface area contributed by atoms with Crippen molar-refractivity contribution >= 4 is 34.8 Å². The SMILES string of the molecule is Cc1cc(Cl)nc(Cl)c1NC(=O)c1ccc2c(c1)COC2. The highest BCUT2D eigenvalue weighted by Crippen LogP contribution is 2.27. The number of carbonyl (C=O) groups excluding carboxylic acids is 1. The van der Waals surface area contributed by atoms with E-state index in [0.29, 0.717) is 29.6 Å². The summed E-state index contributed by atoms with van der Waals surface area (Å²) in [5, 5.41) is 3.26. The van der Waals surface area contributed by atoms with E-state index in [1.807, 2.05) is 19.1 Å². The van der Waals surface area contributed by atoms with Crippen LogP contribution >= 0.6 is 23.2 Å². The van der Waals surface area contributed by atoms with E-state index >= 15 is 0 Å². The number of aryl methyl sites for hydroxylation is 1. The Morgan fingerprint density at radius 2 is 2.00 bits per heavy atom. The summed E-state index contributed by atoms with van der Waals surface area (Å²) >= 11 is 11.8. The van der Waals surface area contributed by atoms with Crippen LogP contribution in [-0.4, -0.2) is 10.9 Å². The Morgan fingerprint density at radius 1 is 1.24 bits per heavy atom. The van der Waals surface area contributed by atoms with Crippen LogP contribution in [0.15, 0.2) is 24.3 Å². The van der Waals surface area contributed by atoms with Crippen LogP contribution in [0.4, 0.5) is 5.69 Å². The van der Waals surface area contributed by atoms with E-state index in [4.69, 9.17) is 27.9 Å². The lowest BCUT2D eigenvalue weighted by Crippen LogP contribution is -2.14. The highest BCUT2D eigenvalue weighted by atomic mass is 35.5. The zero-order valence-electron chi connectivity index (χ0n) is 11.2. The van der Waals surface area contributed by atoms with Crippen molar-refractivity contribution in [3.63, 3.8) is 0 Å². The number of nitrogens with one attached hydrogen (secondary N) is 1. The molecule has 3 rings (SSSR count). The normalized spacial score (nSPS) is 13.1. The van der Waals surface area contributed by atoms with Gasteiger partial charge in [-0.2, -0.15) is 0 Å². The Bertz CT molecular complexity index is 709. The van der Waals surface area contributed by atoms with Gasteiger partial charge in [0, 0.05) is 5.56 Å². The van der Waals surface area contributed by atoms with Gasteiger partial charge in [-0.05, 0) is 41.8 Å². The quantitative estimate of drug-likeness (QED) is 0.851. The van der Waals surface area contributed by atoms with Crippen LogP contribution in [0.2, 0.25) is 10.3 Å². The van der Waals surface area contributed by atoms with Gasteiger partial charge in [-0.25, -0.2) is 4.98 Å². The van der Waals surface area contributed by atoms with E-state index in [9.17, 15) is 4.79 Å². The van der Waals surface area contributed by atoms with E-state index in [2.05, 4.69) is 10.3 Å². The number of amides is 1. The number of rotatable bonds is 2. The minimum atomic E-state index is -0.237. The molecule has 0 atom stereocenters.